The Bertz CT molecular complexity index is 676. The third-order valence-corrected chi connectivity index (χ3v) is 2.79. The molecule has 6 heteroatoms. The predicted molar refractivity (Wildman–Crippen MR) is 66.5 cm³/mol. The van der Waals surface area contributed by atoms with Gasteiger partial charge in [0.15, 0.2) is 5.58 Å². The molecule has 0 amide bonds. The molecule has 0 unspecified atom stereocenters. The highest BCUT2D eigenvalue weighted by Crippen LogP contribution is 2.27. The van der Waals surface area contributed by atoms with E-state index in [1.807, 2.05) is 0 Å². The summed E-state index contributed by atoms with van der Waals surface area (Å²) >= 11 is 11.7. The molecular weight excluding hydrogens is 265 g/mol. The first kappa shape index (κ1) is 12.0. The van der Waals surface area contributed by atoms with Gasteiger partial charge in [0.1, 0.15) is 0 Å². The zero-order valence-corrected chi connectivity index (χ0v) is 10.2. The molecule has 0 bridgehead atoms. The van der Waals surface area contributed by atoms with Crippen molar-refractivity contribution in [1.29, 1.82) is 0 Å². The SMILES string of the molecule is C/C(=N\O)c1cc2cc(Cl)cc(Cl)c2oc1=O. The van der Waals surface area contributed by atoms with Crippen LogP contribution in [0.2, 0.25) is 10.0 Å². The van der Waals surface area contributed by atoms with Gasteiger partial charge in [0, 0.05) is 10.4 Å². The van der Waals surface area contributed by atoms with Crippen molar-refractivity contribution >= 4 is 39.9 Å². The highest BCUT2D eigenvalue weighted by atomic mass is 35.5. The van der Waals surface area contributed by atoms with Crippen molar-refractivity contribution in [2.24, 2.45) is 5.16 Å². The molecule has 0 atom stereocenters. The van der Waals surface area contributed by atoms with E-state index >= 15 is 0 Å². The summed E-state index contributed by atoms with van der Waals surface area (Å²) in [4.78, 5) is 11.6. The van der Waals surface area contributed by atoms with Crippen molar-refractivity contribution < 1.29 is 9.62 Å². The fourth-order valence-corrected chi connectivity index (χ4v) is 2.01. The second-order valence-electron chi connectivity index (χ2n) is 3.44. The molecule has 1 heterocycles. The van der Waals surface area contributed by atoms with E-state index in [1.165, 1.54) is 19.1 Å². The Morgan fingerprint density at radius 2 is 2.06 bits per heavy atom. The largest absolute Gasteiger partial charge is 0.421 e. The third-order valence-electron chi connectivity index (χ3n) is 2.29. The molecule has 0 saturated carbocycles. The summed E-state index contributed by atoms with van der Waals surface area (Å²) in [5.74, 6) is 0. The van der Waals surface area contributed by atoms with Crippen LogP contribution in [0, 0.1) is 0 Å². The Hall–Kier alpha value is -1.52. The van der Waals surface area contributed by atoms with Gasteiger partial charge in [0.2, 0.25) is 0 Å². The zero-order chi connectivity index (χ0) is 12.6. The summed E-state index contributed by atoms with van der Waals surface area (Å²) in [6.07, 6.45) is 0. The predicted octanol–water partition coefficient (Wildman–Crippen LogP) is 3.30. The number of fused-ring (bicyclic) bond motifs is 1. The fourth-order valence-electron chi connectivity index (χ4n) is 1.46. The number of hydrogen-bond donors (Lipinski definition) is 1. The van der Waals surface area contributed by atoms with Gasteiger partial charge in [0.25, 0.3) is 0 Å². The van der Waals surface area contributed by atoms with Crippen LogP contribution >= 0.6 is 23.2 Å². The maximum absolute atomic E-state index is 11.6. The van der Waals surface area contributed by atoms with Gasteiger partial charge in [-0.15, -0.1) is 0 Å². The second kappa shape index (κ2) is 4.39. The number of benzene rings is 1. The van der Waals surface area contributed by atoms with Gasteiger partial charge >= 0.3 is 5.63 Å². The molecule has 1 N–H and O–H groups in total. The molecule has 0 fully saturated rings. The first-order valence-electron chi connectivity index (χ1n) is 4.65. The summed E-state index contributed by atoms with van der Waals surface area (Å²) < 4.78 is 5.06. The molecule has 0 spiro atoms. The highest BCUT2D eigenvalue weighted by molar-refractivity contribution is 6.38. The number of rotatable bonds is 1. The lowest BCUT2D eigenvalue weighted by Crippen LogP contribution is -2.12. The molecule has 0 aliphatic heterocycles. The van der Waals surface area contributed by atoms with E-state index < -0.39 is 5.63 Å². The van der Waals surface area contributed by atoms with Gasteiger partial charge in [-0.1, -0.05) is 28.4 Å². The molecule has 88 valence electrons. The van der Waals surface area contributed by atoms with E-state index in [9.17, 15) is 4.79 Å². The van der Waals surface area contributed by atoms with Gasteiger partial charge < -0.3 is 9.62 Å². The summed E-state index contributed by atoms with van der Waals surface area (Å²) in [5, 5.41) is 12.9. The van der Waals surface area contributed by atoms with Crippen molar-refractivity contribution in [2.45, 2.75) is 6.92 Å². The smallest absolute Gasteiger partial charge is 0.345 e. The molecule has 0 aliphatic rings. The van der Waals surface area contributed by atoms with Crippen LogP contribution in [0.25, 0.3) is 11.0 Å². The standard InChI is InChI=1S/C11H7Cl2NO3/c1-5(14-16)8-3-6-2-7(12)4-9(13)10(6)17-11(8)15/h2-4,16H,1H3/b14-5+. The molecule has 0 radical (unpaired) electrons. The summed E-state index contributed by atoms with van der Waals surface area (Å²) in [7, 11) is 0. The molecule has 2 rings (SSSR count). The molecule has 4 nitrogen and oxygen atoms in total. The summed E-state index contributed by atoms with van der Waals surface area (Å²) in [5.41, 5.74) is -0.0253. The van der Waals surface area contributed by atoms with Crippen molar-refractivity contribution in [3.8, 4) is 0 Å². The lowest BCUT2D eigenvalue weighted by Gasteiger charge is -2.02. The third kappa shape index (κ3) is 2.14. The first-order valence-corrected chi connectivity index (χ1v) is 5.40. The normalized spacial score (nSPS) is 12.1. The maximum Gasteiger partial charge on any atom is 0.345 e. The van der Waals surface area contributed by atoms with E-state index in [2.05, 4.69) is 5.16 Å². The van der Waals surface area contributed by atoms with Crippen molar-refractivity contribution in [3.63, 3.8) is 0 Å². The van der Waals surface area contributed by atoms with E-state index in [0.717, 1.165) is 0 Å². The van der Waals surface area contributed by atoms with Crippen LogP contribution in [-0.2, 0) is 0 Å². The average Bonchev–Trinajstić information content (AvgIpc) is 2.28. The van der Waals surface area contributed by atoms with E-state index in [0.29, 0.717) is 10.4 Å². The number of halogens is 2. The Morgan fingerprint density at radius 3 is 2.71 bits per heavy atom. The van der Waals surface area contributed by atoms with Gasteiger partial charge in [-0.05, 0) is 25.1 Å². The van der Waals surface area contributed by atoms with E-state index in [4.69, 9.17) is 32.8 Å². The quantitative estimate of drug-likeness (QED) is 0.375. The Kier molecular flexibility index (Phi) is 3.09. The Morgan fingerprint density at radius 1 is 1.35 bits per heavy atom. The molecule has 0 saturated heterocycles. The Labute approximate surface area is 106 Å². The monoisotopic (exact) mass is 271 g/mol. The minimum Gasteiger partial charge on any atom is -0.421 e. The van der Waals surface area contributed by atoms with Crippen LogP contribution in [0.4, 0.5) is 0 Å². The number of nitrogens with zero attached hydrogens (tertiary/aromatic N) is 1. The highest BCUT2D eigenvalue weighted by Gasteiger charge is 2.11. The Balaban J connectivity index is 2.85. The van der Waals surface area contributed by atoms with Crippen LogP contribution < -0.4 is 5.63 Å². The molecule has 1 aromatic heterocycles. The van der Waals surface area contributed by atoms with Gasteiger partial charge in [-0.3, -0.25) is 0 Å². The van der Waals surface area contributed by atoms with Crippen molar-refractivity contribution in [1.82, 2.24) is 0 Å². The lowest BCUT2D eigenvalue weighted by atomic mass is 10.1. The topological polar surface area (TPSA) is 62.8 Å². The maximum atomic E-state index is 11.6. The lowest BCUT2D eigenvalue weighted by molar-refractivity contribution is 0.319. The van der Waals surface area contributed by atoms with Crippen molar-refractivity contribution in [3.05, 3.63) is 44.2 Å². The first-order chi connectivity index (χ1) is 8.02. The average molecular weight is 272 g/mol. The van der Waals surface area contributed by atoms with Gasteiger partial charge in [-0.25, -0.2) is 4.79 Å². The van der Waals surface area contributed by atoms with Crippen LogP contribution in [0.5, 0.6) is 0 Å². The number of oxime groups is 1. The molecule has 0 aliphatic carbocycles. The fraction of sp³-hybridized carbons (Fsp3) is 0.0909. The molecule has 1 aromatic carbocycles. The van der Waals surface area contributed by atoms with Crippen LogP contribution in [0.3, 0.4) is 0 Å². The molecular formula is C11H7Cl2NO3. The summed E-state index contributed by atoms with van der Waals surface area (Å²) in [6, 6.07) is 4.62. The van der Waals surface area contributed by atoms with Crippen LogP contribution in [0.15, 0.2) is 32.6 Å². The van der Waals surface area contributed by atoms with E-state index in [-0.39, 0.29) is 21.9 Å². The molecule has 17 heavy (non-hydrogen) atoms. The minimum atomic E-state index is -0.614. The van der Waals surface area contributed by atoms with Crippen molar-refractivity contribution in [2.75, 3.05) is 0 Å². The summed E-state index contributed by atoms with van der Waals surface area (Å²) in [6.45, 7) is 1.49. The zero-order valence-electron chi connectivity index (χ0n) is 8.70. The molecule has 2 aromatic rings. The van der Waals surface area contributed by atoms with Crippen LogP contribution in [-0.4, -0.2) is 10.9 Å². The van der Waals surface area contributed by atoms with E-state index in [1.54, 1.807) is 6.07 Å². The van der Waals surface area contributed by atoms with Crippen LogP contribution in [0.1, 0.15) is 12.5 Å². The van der Waals surface area contributed by atoms with Gasteiger partial charge in [0.05, 0.1) is 16.3 Å². The number of hydrogen-bond acceptors (Lipinski definition) is 4. The van der Waals surface area contributed by atoms with Gasteiger partial charge in [-0.2, -0.15) is 0 Å². The second-order valence-corrected chi connectivity index (χ2v) is 4.28. The minimum absolute atomic E-state index is 0.164.